The highest BCUT2D eigenvalue weighted by Crippen LogP contribution is 2.19. The first-order chi connectivity index (χ1) is 8.00. The fraction of sp³-hybridized carbons (Fsp3) is 0.214. The van der Waals surface area contributed by atoms with E-state index in [1.54, 1.807) is 25.1 Å². The molecule has 0 aliphatic carbocycles. The second-order valence-electron chi connectivity index (χ2n) is 3.84. The number of hydrogen-bond donors (Lipinski definition) is 1. The molecule has 0 heterocycles. The Kier molecular flexibility index (Phi) is 4.52. The minimum Gasteiger partial charge on any atom is -0.507 e. The second-order valence-corrected chi connectivity index (χ2v) is 3.84. The number of rotatable bonds is 4. The monoisotopic (exact) mass is 232 g/mol. The van der Waals surface area contributed by atoms with Gasteiger partial charge < -0.3 is 9.84 Å². The largest absolute Gasteiger partial charge is 0.507 e. The minimum atomic E-state index is -0.414. The van der Waals surface area contributed by atoms with Crippen LogP contribution < -0.4 is 0 Å². The van der Waals surface area contributed by atoms with E-state index in [4.69, 9.17) is 4.74 Å². The van der Waals surface area contributed by atoms with E-state index in [0.717, 1.165) is 5.56 Å². The summed E-state index contributed by atoms with van der Waals surface area (Å²) in [5, 5.41) is 9.61. The summed E-state index contributed by atoms with van der Waals surface area (Å²) in [5.41, 5.74) is 2.06. The first-order valence-corrected chi connectivity index (χ1v) is 5.29. The number of hydrogen-bond acceptors (Lipinski definition) is 3. The van der Waals surface area contributed by atoms with Crippen LogP contribution >= 0.6 is 0 Å². The summed E-state index contributed by atoms with van der Waals surface area (Å²) >= 11 is 0. The van der Waals surface area contributed by atoms with Crippen LogP contribution in [-0.4, -0.2) is 17.7 Å². The number of aryl methyl sites for hydroxylation is 1. The fourth-order valence-corrected chi connectivity index (χ4v) is 1.22. The van der Waals surface area contributed by atoms with Gasteiger partial charge in [-0.25, -0.2) is 4.79 Å². The van der Waals surface area contributed by atoms with Crippen LogP contribution in [0.4, 0.5) is 0 Å². The third-order valence-corrected chi connectivity index (χ3v) is 2.14. The molecule has 1 aromatic rings. The molecule has 0 saturated carbocycles. The van der Waals surface area contributed by atoms with E-state index in [-0.39, 0.29) is 12.4 Å². The van der Waals surface area contributed by atoms with Gasteiger partial charge in [-0.05, 0) is 31.6 Å². The van der Waals surface area contributed by atoms with Crippen LogP contribution in [0.1, 0.15) is 18.1 Å². The van der Waals surface area contributed by atoms with Crippen molar-refractivity contribution in [1.29, 1.82) is 0 Å². The Morgan fingerprint density at radius 1 is 1.53 bits per heavy atom. The molecule has 0 radical (unpaired) electrons. The van der Waals surface area contributed by atoms with Crippen molar-refractivity contribution in [3.05, 3.63) is 47.6 Å². The molecule has 0 bridgehead atoms. The number of carbonyl (C=O) groups excluding carboxylic acids is 1. The number of carbonyl (C=O) groups is 1. The smallest absolute Gasteiger partial charge is 0.333 e. The number of phenols is 1. The maximum atomic E-state index is 11.1. The zero-order valence-electron chi connectivity index (χ0n) is 10.1. The predicted octanol–water partition coefficient (Wildman–Crippen LogP) is 2.83. The van der Waals surface area contributed by atoms with Gasteiger partial charge in [0.2, 0.25) is 0 Å². The molecule has 1 rings (SSSR count). The molecule has 0 aromatic heterocycles. The third-order valence-electron chi connectivity index (χ3n) is 2.14. The predicted molar refractivity (Wildman–Crippen MR) is 67.7 cm³/mol. The van der Waals surface area contributed by atoms with Gasteiger partial charge in [0, 0.05) is 11.1 Å². The summed E-state index contributed by atoms with van der Waals surface area (Å²) in [6.07, 6.45) is 3.38. The number of esters is 1. The summed E-state index contributed by atoms with van der Waals surface area (Å²) in [6.45, 7) is 7.14. The van der Waals surface area contributed by atoms with Crippen molar-refractivity contribution in [3.63, 3.8) is 0 Å². The van der Waals surface area contributed by atoms with Crippen LogP contribution in [0.3, 0.4) is 0 Å². The van der Waals surface area contributed by atoms with Gasteiger partial charge >= 0.3 is 5.97 Å². The van der Waals surface area contributed by atoms with Crippen molar-refractivity contribution in [2.45, 2.75) is 13.8 Å². The Morgan fingerprint density at radius 2 is 2.24 bits per heavy atom. The lowest BCUT2D eigenvalue weighted by Crippen LogP contribution is -2.04. The van der Waals surface area contributed by atoms with E-state index in [1.807, 2.05) is 19.1 Å². The lowest BCUT2D eigenvalue weighted by Gasteiger charge is -2.01. The van der Waals surface area contributed by atoms with Crippen LogP contribution in [-0.2, 0) is 9.53 Å². The van der Waals surface area contributed by atoms with E-state index >= 15 is 0 Å². The molecule has 1 aromatic carbocycles. The molecular weight excluding hydrogens is 216 g/mol. The molecule has 0 fully saturated rings. The molecule has 0 spiro atoms. The Bertz CT molecular complexity index is 459. The molecule has 0 aliphatic heterocycles. The van der Waals surface area contributed by atoms with Crippen LogP contribution in [0.2, 0.25) is 0 Å². The average molecular weight is 232 g/mol. The summed E-state index contributed by atoms with van der Waals surface area (Å²) in [7, 11) is 0. The van der Waals surface area contributed by atoms with Gasteiger partial charge in [-0.2, -0.15) is 0 Å². The van der Waals surface area contributed by atoms with Crippen LogP contribution in [0, 0.1) is 6.92 Å². The number of benzene rings is 1. The maximum absolute atomic E-state index is 11.1. The standard InChI is InChI=1S/C14H16O3/c1-10(2)14(16)17-8-4-5-12-7-6-11(3)9-13(12)15/h4-7,9,15H,1,8H2,2-3H3. The number of aromatic hydroxyl groups is 1. The molecule has 0 amide bonds. The fourth-order valence-electron chi connectivity index (χ4n) is 1.22. The van der Waals surface area contributed by atoms with Crippen LogP contribution in [0.5, 0.6) is 5.75 Å². The van der Waals surface area contributed by atoms with E-state index in [2.05, 4.69) is 6.58 Å². The Balaban J connectivity index is 2.54. The molecule has 3 nitrogen and oxygen atoms in total. The van der Waals surface area contributed by atoms with Crippen molar-refractivity contribution < 1.29 is 14.6 Å². The van der Waals surface area contributed by atoms with Gasteiger partial charge in [0.15, 0.2) is 0 Å². The molecule has 17 heavy (non-hydrogen) atoms. The zero-order chi connectivity index (χ0) is 12.8. The van der Waals surface area contributed by atoms with Gasteiger partial charge in [-0.3, -0.25) is 0 Å². The highest BCUT2D eigenvalue weighted by molar-refractivity contribution is 5.87. The van der Waals surface area contributed by atoms with Crippen molar-refractivity contribution in [2.75, 3.05) is 6.61 Å². The normalized spacial score (nSPS) is 10.5. The molecule has 0 aliphatic rings. The Morgan fingerprint density at radius 3 is 2.82 bits per heavy atom. The molecule has 90 valence electrons. The zero-order valence-corrected chi connectivity index (χ0v) is 10.1. The summed E-state index contributed by atoms with van der Waals surface area (Å²) < 4.78 is 4.88. The van der Waals surface area contributed by atoms with Gasteiger partial charge in [0.1, 0.15) is 12.4 Å². The van der Waals surface area contributed by atoms with E-state index < -0.39 is 5.97 Å². The van der Waals surface area contributed by atoms with Crippen molar-refractivity contribution in [2.24, 2.45) is 0 Å². The van der Waals surface area contributed by atoms with E-state index in [0.29, 0.717) is 11.1 Å². The van der Waals surface area contributed by atoms with Gasteiger partial charge in [-0.15, -0.1) is 0 Å². The first-order valence-electron chi connectivity index (χ1n) is 5.29. The number of ether oxygens (including phenoxy) is 1. The van der Waals surface area contributed by atoms with Crippen molar-refractivity contribution in [1.82, 2.24) is 0 Å². The quantitative estimate of drug-likeness (QED) is 0.641. The maximum Gasteiger partial charge on any atom is 0.333 e. The molecule has 0 atom stereocenters. The lowest BCUT2D eigenvalue weighted by atomic mass is 10.1. The van der Waals surface area contributed by atoms with Crippen LogP contribution in [0.25, 0.3) is 6.08 Å². The van der Waals surface area contributed by atoms with E-state index in [9.17, 15) is 9.90 Å². The molecule has 3 heteroatoms. The molecular formula is C14H16O3. The highest BCUT2D eigenvalue weighted by atomic mass is 16.5. The highest BCUT2D eigenvalue weighted by Gasteiger charge is 2.00. The van der Waals surface area contributed by atoms with Crippen LogP contribution in [0.15, 0.2) is 36.4 Å². The first kappa shape index (κ1) is 13.0. The number of phenolic OH excluding ortho intramolecular Hbond substituents is 1. The van der Waals surface area contributed by atoms with Gasteiger partial charge in [-0.1, -0.05) is 24.8 Å². The van der Waals surface area contributed by atoms with Crippen molar-refractivity contribution >= 4 is 12.0 Å². The third kappa shape index (κ3) is 4.15. The summed E-state index contributed by atoms with van der Waals surface area (Å²) in [4.78, 5) is 11.1. The van der Waals surface area contributed by atoms with Gasteiger partial charge in [0.05, 0.1) is 0 Å². The average Bonchev–Trinajstić information content (AvgIpc) is 2.26. The summed E-state index contributed by atoms with van der Waals surface area (Å²) in [5.74, 6) is -0.199. The summed E-state index contributed by atoms with van der Waals surface area (Å²) in [6, 6.07) is 5.39. The molecule has 0 unspecified atom stereocenters. The lowest BCUT2D eigenvalue weighted by molar-refractivity contribution is -0.137. The Hall–Kier alpha value is -2.03. The Labute approximate surface area is 101 Å². The van der Waals surface area contributed by atoms with Crippen molar-refractivity contribution in [3.8, 4) is 5.75 Å². The minimum absolute atomic E-state index is 0.166. The second kappa shape index (κ2) is 5.89. The topological polar surface area (TPSA) is 46.5 Å². The molecule has 0 saturated heterocycles. The molecule has 1 N–H and O–H groups in total. The SMILES string of the molecule is C=C(C)C(=O)OCC=Cc1ccc(C)cc1O. The van der Waals surface area contributed by atoms with Gasteiger partial charge in [0.25, 0.3) is 0 Å². The van der Waals surface area contributed by atoms with E-state index in [1.165, 1.54) is 0 Å².